The number of hydrogen-bond acceptors (Lipinski definition) is 4. The zero-order valence-corrected chi connectivity index (χ0v) is 14.9. The van der Waals surface area contributed by atoms with Gasteiger partial charge in [0.1, 0.15) is 12.3 Å². The Morgan fingerprint density at radius 1 is 0.920 bits per heavy atom. The van der Waals surface area contributed by atoms with Crippen LogP contribution < -0.4 is 14.4 Å². The van der Waals surface area contributed by atoms with Crippen LogP contribution >= 0.6 is 0 Å². The number of rotatable bonds is 4. The van der Waals surface area contributed by atoms with E-state index in [9.17, 15) is 0 Å². The predicted molar refractivity (Wildman–Crippen MR) is 104 cm³/mol. The molecule has 136 valence electrons. The molecule has 0 radical (unpaired) electrons. The highest BCUT2D eigenvalue weighted by molar-refractivity contribution is 5.48. The molecule has 3 heterocycles. The highest BCUT2D eigenvalue weighted by Gasteiger charge is 2.34. The number of anilines is 2. The monoisotopic (exact) mass is 353 g/mol. The van der Waals surface area contributed by atoms with Gasteiger partial charge in [-0.2, -0.15) is 0 Å². The lowest BCUT2D eigenvalue weighted by Gasteiger charge is -2.31. The Morgan fingerprint density at radius 2 is 1.40 bits per heavy atom. The van der Waals surface area contributed by atoms with Crippen LogP contribution in [-0.2, 0) is 7.05 Å². The molecule has 0 saturated carbocycles. The third-order valence-electron chi connectivity index (χ3n) is 4.74. The first-order valence-electron chi connectivity index (χ1n) is 13.7. The Hall–Kier alpha value is -2.17. The van der Waals surface area contributed by atoms with Crippen molar-refractivity contribution < 1.29 is 19.6 Å². The van der Waals surface area contributed by atoms with E-state index in [1.165, 1.54) is 24.2 Å². The molecule has 0 aliphatic carbocycles. The first-order chi connectivity index (χ1) is 16.2. The number of pyridine rings is 1. The van der Waals surface area contributed by atoms with Gasteiger partial charge in [0.25, 0.3) is 0 Å². The van der Waals surface area contributed by atoms with Gasteiger partial charge in [-0.3, -0.25) is 0 Å². The van der Waals surface area contributed by atoms with Crippen molar-refractivity contribution in [1.29, 1.82) is 0 Å². The van der Waals surface area contributed by atoms with Gasteiger partial charge < -0.3 is 9.80 Å². The molecule has 0 N–H and O–H groups in total. The predicted octanol–water partition coefficient (Wildman–Crippen LogP) is 3.21. The highest BCUT2D eigenvalue weighted by Crippen LogP contribution is 2.27. The van der Waals surface area contributed by atoms with E-state index in [1.807, 2.05) is 11.0 Å². The molecular weight excluding hydrogens is 310 g/mol. The summed E-state index contributed by atoms with van der Waals surface area (Å²) in [6.45, 7) is -4.01. The fraction of sp³-hybridized carbons (Fsp3) is 0.550. The van der Waals surface area contributed by atoms with Crippen LogP contribution in [0.15, 0.2) is 43.0 Å². The standard InChI is InChI=1S/C20H32N5/c1-15(2)22-11-13-24(17(22)5)19-9-8-10-20(21(19)7)25-14-12-23(16(3)4)18(25)6/h8-18H,1-7H3/q+1/t17-,18+/i1D3,2D3,3D3,15D,16D/t16?,17-,18+/m0/s1. The Bertz CT molecular complexity index is 1030. The van der Waals surface area contributed by atoms with Gasteiger partial charge in [0, 0.05) is 48.9 Å². The summed E-state index contributed by atoms with van der Waals surface area (Å²) in [7, 11) is 1.77. The smallest absolute Gasteiger partial charge is 0.229 e. The first-order valence-corrected chi connectivity index (χ1v) is 8.17. The quantitative estimate of drug-likeness (QED) is 0.773. The average Bonchev–Trinajstić information content (AvgIpc) is 3.28. The van der Waals surface area contributed by atoms with Crippen LogP contribution in [-0.4, -0.2) is 34.2 Å². The second kappa shape index (κ2) is 6.62. The summed E-state index contributed by atoms with van der Waals surface area (Å²) in [6, 6.07) is 0.627. The Labute approximate surface area is 167 Å². The van der Waals surface area contributed by atoms with E-state index in [4.69, 9.17) is 15.1 Å². The normalized spacial score (nSPS) is 33.8. The maximum absolute atomic E-state index is 8.52. The molecule has 2 aliphatic rings. The van der Waals surface area contributed by atoms with Crippen molar-refractivity contribution in [3.05, 3.63) is 43.0 Å². The number of nitrogens with zero attached hydrogens (tertiary/aromatic N) is 5. The molecule has 1 aromatic rings. The van der Waals surface area contributed by atoms with Crippen LogP contribution in [0.1, 0.15) is 56.4 Å². The van der Waals surface area contributed by atoms with Gasteiger partial charge in [-0.25, -0.2) is 14.4 Å². The molecule has 5 nitrogen and oxygen atoms in total. The number of hydrogen-bond donors (Lipinski definition) is 0. The molecule has 25 heavy (non-hydrogen) atoms. The minimum absolute atomic E-state index is 0.496. The lowest BCUT2D eigenvalue weighted by atomic mass is 10.3. The summed E-state index contributed by atoms with van der Waals surface area (Å²) in [5, 5.41) is 0. The molecule has 0 bridgehead atoms. The van der Waals surface area contributed by atoms with Crippen molar-refractivity contribution in [2.24, 2.45) is 7.05 Å². The van der Waals surface area contributed by atoms with Crippen molar-refractivity contribution in [1.82, 2.24) is 9.80 Å². The number of aromatic nitrogens is 1. The van der Waals surface area contributed by atoms with Gasteiger partial charge in [0.15, 0.2) is 0 Å². The molecule has 0 spiro atoms. The van der Waals surface area contributed by atoms with E-state index in [1.54, 1.807) is 54.9 Å². The van der Waals surface area contributed by atoms with Crippen LogP contribution in [0, 0.1) is 0 Å². The van der Waals surface area contributed by atoms with Crippen molar-refractivity contribution in [2.45, 2.75) is 65.7 Å². The van der Waals surface area contributed by atoms with Crippen LogP contribution in [0.4, 0.5) is 11.6 Å². The Morgan fingerprint density at radius 3 is 1.88 bits per heavy atom. The Balaban J connectivity index is 1.95. The fourth-order valence-electron chi connectivity index (χ4n) is 3.32. The lowest BCUT2D eigenvalue weighted by Crippen LogP contribution is -2.49. The van der Waals surface area contributed by atoms with Gasteiger partial charge in [-0.15, -0.1) is 0 Å². The largest absolute Gasteiger partial charge is 0.340 e. The van der Waals surface area contributed by atoms with Gasteiger partial charge in [-0.1, -0.05) is 0 Å². The van der Waals surface area contributed by atoms with E-state index in [-0.39, 0.29) is 0 Å². The van der Waals surface area contributed by atoms with Crippen molar-refractivity contribution in [3.63, 3.8) is 0 Å². The van der Waals surface area contributed by atoms with Crippen molar-refractivity contribution in [3.8, 4) is 0 Å². The molecule has 2 aliphatic heterocycles. The van der Waals surface area contributed by atoms with Gasteiger partial charge >= 0.3 is 0 Å². The molecule has 0 amide bonds. The van der Waals surface area contributed by atoms with Gasteiger partial charge in [0.2, 0.25) is 11.6 Å². The Kier molecular flexibility index (Phi) is 2.24. The topological polar surface area (TPSA) is 16.8 Å². The second-order valence-corrected chi connectivity index (χ2v) is 6.22. The maximum atomic E-state index is 8.52. The van der Waals surface area contributed by atoms with E-state index in [2.05, 4.69) is 0 Å². The third kappa shape index (κ3) is 2.96. The minimum atomic E-state index is -3.11. The summed E-state index contributed by atoms with van der Waals surface area (Å²) in [5.74, 6) is 1.24. The van der Waals surface area contributed by atoms with E-state index in [0.29, 0.717) is 11.6 Å². The molecule has 1 unspecified atom stereocenters. The van der Waals surface area contributed by atoms with Crippen molar-refractivity contribution >= 4 is 11.6 Å². The summed E-state index contributed by atoms with van der Waals surface area (Å²) in [4.78, 5) is 5.96. The summed E-state index contributed by atoms with van der Waals surface area (Å²) in [6.07, 6.45) is 4.80. The average molecular weight is 354 g/mol. The molecule has 3 atom stereocenters. The molecule has 3 rings (SSSR count). The molecule has 0 saturated heterocycles. The minimum Gasteiger partial charge on any atom is -0.340 e. The van der Waals surface area contributed by atoms with Gasteiger partial charge in [0.05, 0.1) is 22.2 Å². The van der Waals surface area contributed by atoms with Crippen LogP contribution in [0.25, 0.3) is 0 Å². The molecule has 1 aromatic heterocycles. The van der Waals surface area contributed by atoms with Gasteiger partial charge in [-0.05, 0) is 47.4 Å². The summed E-state index contributed by atoms with van der Waals surface area (Å²) in [5.41, 5.74) is 0. The van der Waals surface area contributed by atoms with Crippen molar-refractivity contribution in [2.75, 3.05) is 9.80 Å². The molecule has 0 aromatic carbocycles. The summed E-state index contributed by atoms with van der Waals surface area (Å²) >= 11 is 0. The SMILES string of the molecule is [2H]C([2H])([2H])C([2H])(C)N1C=CN(c2cccc(N3C=CN(C([2H])(C([2H])([2H])[2H])C([2H])([2H])[2H])[C@@H]3C)[n+]2C)[C@@H]1C. The molecule has 5 heteroatoms. The zero-order valence-electron chi connectivity index (χ0n) is 25.9. The lowest BCUT2D eigenvalue weighted by molar-refractivity contribution is -0.646. The molecule has 0 fully saturated rings. The first kappa shape index (κ1) is 8.47. The highest BCUT2D eigenvalue weighted by atomic mass is 15.5. The van der Waals surface area contributed by atoms with E-state index >= 15 is 0 Å². The van der Waals surface area contributed by atoms with Crippen LogP contribution in [0.5, 0.6) is 0 Å². The van der Waals surface area contributed by atoms with E-state index < -0.39 is 44.9 Å². The van der Waals surface area contributed by atoms with Crippen LogP contribution in [0.3, 0.4) is 0 Å². The molecular formula is C20H32N5+. The third-order valence-corrected chi connectivity index (χ3v) is 4.74. The second-order valence-electron chi connectivity index (χ2n) is 6.22. The summed E-state index contributed by atoms with van der Waals surface area (Å²) < 4.78 is 88.9. The fourth-order valence-corrected chi connectivity index (χ4v) is 3.32. The van der Waals surface area contributed by atoms with E-state index in [0.717, 1.165) is 4.90 Å². The van der Waals surface area contributed by atoms with Crippen LogP contribution in [0.2, 0.25) is 0 Å². The zero-order chi connectivity index (χ0) is 27.6. The maximum Gasteiger partial charge on any atom is 0.229 e.